The van der Waals surface area contributed by atoms with Crippen molar-refractivity contribution in [1.29, 1.82) is 0 Å². The van der Waals surface area contributed by atoms with Crippen LogP contribution in [0.15, 0.2) is 42.5 Å². The molecule has 2 amide bonds. The summed E-state index contributed by atoms with van der Waals surface area (Å²) in [6.45, 7) is 1.38. The highest BCUT2D eigenvalue weighted by molar-refractivity contribution is 5.97. The summed E-state index contributed by atoms with van der Waals surface area (Å²) in [7, 11) is 0. The first-order valence-electron chi connectivity index (χ1n) is 8.00. The molecule has 1 atom stereocenters. The zero-order valence-corrected chi connectivity index (χ0v) is 13.4. The maximum Gasteiger partial charge on any atom is 0.232 e. The Morgan fingerprint density at radius 1 is 1.12 bits per heavy atom. The van der Waals surface area contributed by atoms with Crippen molar-refractivity contribution in [2.75, 3.05) is 10.6 Å². The number of hydrogen-bond acceptors (Lipinski definition) is 2. The van der Waals surface area contributed by atoms with Crippen LogP contribution in [-0.4, -0.2) is 11.8 Å². The van der Waals surface area contributed by atoms with Crippen molar-refractivity contribution >= 4 is 23.2 Å². The van der Waals surface area contributed by atoms with Gasteiger partial charge in [0.1, 0.15) is 5.82 Å². The normalized spacial score (nSPS) is 16.2. The summed E-state index contributed by atoms with van der Waals surface area (Å²) in [6.07, 6.45) is 2.64. The highest BCUT2D eigenvalue weighted by atomic mass is 19.1. The zero-order chi connectivity index (χ0) is 17.1. The summed E-state index contributed by atoms with van der Waals surface area (Å²) in [5.41, 5.74) is 2.72. The number of carbonyl (C=O) groups is 2. The summed E-state index contributed by atoms with van der Waals surface area (Å²) in [5, 5.41) is 5.25. The van der Waals surface area contributed by atoms with E-state index in [-0.39, 0.29) is 23.4 Å². The molecular weight excluding hydrogens is 307 g/mol. The first-order valence-corrected chi connectivity index (χ1v) is 8.00. The molecular formula is C19H19FN2O2. The fraction of sp³-hybridized carbons (Fsp3) is 0.263. The van der Waals surface area contributed by atoms with Crippen molar-refractivity contribution in [3.05, 3.63) is 59.4 Å². The van der Waals surface area contributed by atoms with Crippen molar-refractivity contribution in [2.24, 2.45) is 0 Å². The van der Waals surface area contributed by atoms with Crippen molar-refractivity contribution in [1.82, 2.24) is 0 Å². The molecule has 0 saturated carbocycles. The third kappa shape index (κ3) is 3.45. The largest absolute Gasteiger partial charge is 0.326 e. The van der Waals surface area contributed by atoms with E-state index >= 15 is 0 Å². The molecule has 1 unspecified atom stereocenters. The van der Waals surface area contributed by atoms with Crippen molar-refractivity contribution in [2.45, 2.75) is 32.1 Å². The number of nitrogens with one attached hydrogen (secondary N) is 2. The lowest BCUT2D eigenvalue weighted by Crippen LogP contribution is -2.25. The maximum absolute atomic E-state index is 14.0. The molecule has 0 bridgehead atoms. The van der Waals surface area contributed by atoms with Crippen LogP contribution >= 0.6 is 0 Å². The Balaban J connectivity index is 1.82. The number of hydrogen-bond donors (Lipinski definition) is 2. The molecule has 4 nitrogen and oxygen atoms in total. The Morgan fingerprint density at radius 2 is 1.92 bits per heavy atom. The number of carbonyl (C=O) groups excluding carboxylic acids is 2. The Hall–Kier alpha value is -2.69. The van der Waals surface area contributed by atoms with E-state index in [0.29, 0.717) is 5.69 Å². The highest BCUT2D eigenvalue weighted by Crippen LogP contribution is 2.33. The molecule has 3 rings (SSSR count). The predicted octanol–water partition coefficient (Wildman–Crippen LogP) is 3.84. The van der Waals surface area contributed by atoms with Gasteiger partial charge in [0.05, 0.1) is 11.6 Å². The van der Waals surface area contributed by atoms with Gasteiger partial charge >= 0.3 is 0 Å². The van der Waals surface area contributed by atoms with E-state index in [0.717, 1.165) is 24.8 Å². The van der Waals surface area contributed by atoms with E-state index < -0.39 is 5.82 Å². The van der Waals surface area contributed by atoms with Crippen molar-refractivity contribution in [3.8, 4) is 0 Å². The van der Waals surface area contributed by atoms with Crippen LogP contribution in [0, 0.1) is 5.82 Å². The number of rotatable bonds is 3. The van der Waals surface area contributed by atoms with Crippen molar-refractivity contribution in [3.63, 3.8) is 0 Å². The molecule has 1 aliphatic rings. The molecule has 2 aromatic carbocycles. The highest BCUT2D eigenvalue weighted by Gasteiger charge is 2.26. The van der Waals surface area contributed by atoms with Crippen LogP contribution in [0.4, 0.5) is 15.8 Å². The zero-order valence-electron chi connectivity index (χ0n) is 13.4. The van der Waals surface area contributed by atoms with Crippen molar-refractivity contribution < 1.29 is 14.0 Å². The van der Waals surface area contributed by atoms with Crippen LogP contribution < -0.4 is 10.6 Å². The Kier molecular flexibility index (Phi) is 4.60. The lowest BCUT2D eigenvalue weighted by atomic mass is 9.82. The van der Waals surface area contributed by atoms with E-state index in [9.17, 15) is 14.0 Å². The summed E-state index contributed by atoms with van der Waals surface area (Å²) in [5.74, 6) is -1.28. The summed E-state index contributed by atoms with van der Waals surface area (Å²) >= 11 is 0. The molecule has 0 radical (unpaired) electrons. The van der Waals surface area contributed by atoms with Gasteiger partial charge in [-0.2, -0.15) is 0 Å². The molecule has 0 aromatic heterocycles. The Bertz CT molecular complexity index is 789. The smallest absolute Gasteiger partial charge is 0.232 e. The maximum atomic E-state index is 14.0. The lowest BCUT2D eigenvalue weighted by Gasteiger charge is -2.24. The third-order valence-corrected chi connectivity index (χ3v) is 4.23. The minimum Gasteiger partial charge on any atom is -0.326 e. The monoisotopic (exact) mass is 326 g/mol. The number of amides is 2. The summed E-state index contributed by atoms with van der Waals surface area (Å²) < 4.78 is 14.0. The van der Waals surface area contributed by atoms with Gasteiger partial charge in [-0.3, -0.25) is 9.59 Å². The summed E-state index contributed by atoms with van der Waals surface area (Å²) in [4.78, 5) is 23.8. The SMILES string of the molecule is CC(=O)Nc1ccc(F)c(NC(=O)C2CCCc3ccccc32)c1. The van der Waals surface area contributed by atoms with E-state index in [1.807, 2.05) is 24.3 Å². The van der Waals surface area contributed by atoms with E-state index in [2.05, 4.69) is 10.6 Å². The van der Waals surface area contributed by atoms with E-state index in [1.165, 1.54) is 30.7 Å². The quantitative estimate of drug-likeness (QED) is 0.900. The Labute approximate surface area is 140 Å². The number of aryl methyl sites for hydroxylation is 1. The third-order valence-electron chi connectivity index (χ3n) is 4.23. The van der Waals surface area contributed by atoms with Crippen LogP contribution in [0.1, 0.15) is 36.8 Å². The first-order chi connectivity index (χ1) is 11.5. The fourth-order valence-electron chi connectivity index (χ4n) is 3.15. The minimum atomic E-state index is -0.526. The van der Waals surface area contributed by atoms with Gasteiger partial charge in [-0.1, -0.05) is 24.3 Å². The molecule has 0 aliphatic heterocycles. The second-order valence-corrected chi connectivity index (χ2v) is 6.01. The van der Waals surface area contributed by atoms with Crippen LogP contribution in [0.2, 0.25) is 0 Å². The average Bonchev–Trinajstić information content (AvgIpc) is 2.57. The van der Waals surface area contributed by atoms with Gasteiger partial charge in [0.15, 0.2) is 0 Å². The molecule has 5 heteroatoms. The van der Waals surface area contributed by atoms with Gasteiger partial charge in [0, 0.05) is 12.6 Å². The topological polar surface area (TPSA) is 58.2 Å². The predicted molar refractivity (Wildman–Crippen MR) is 91.5 cm³/mol. The second-order valence-electron chi connectivity index (χ2n) is 6.01. The molecule has 2 N–H and O–H groups in total. The number of halogens is 1. The molecule has 0 spiro atoms. The molecule has 24 heavy (non-hydrogen) atoms. The van der Waals surface area contributed by atoms with Gasteiger partial charge < -0.3 is 10.6 Å². The molecule has 0 fully saturated rings. The second kappa shape index (κ2) is 6.83. The molecule has 0 heterocycles. The van der Waals surface area contributed by atoms with Gasteiger partial charge in [0.2, 0.25) is 11.8 Å². The average molecular weight is 326 g/mol. The van der Waals surface area contributed by atoms with Crippen LogP contribution in [0.25, 0.3) is 0 Å². The standard InChI is InChI=1S/C19H19FN2O2/c1-12(23)21-14-9-10-17(20)18(11-14)22-19(24)16-8-4-6-13-5-2-3-7-15(13)16/h2-3,5,7,9-11,16H,4,6,8H2,1H3,(H,21,23)(H,22,24). The van der Waals surface area contributed by atoms with Gasteiger partial charge in [-0.25, -0.2) is 4.39 Å². The first kappa shape index (κ1) is 16.2. The van der Waals surface area contributed by atoms with E-state index in [4.69, 9.17) is 0 Å². The van der Waals surface area contributed by atoms with Crippen LogP contribution in [-0.2, 0) is 16.0 Å². The van der Waals surface area contributed by atoms with Crippen LogP contribution in [0.3, 0.4) is 0 Å². The van der Waals surface area contributed by atoms with Gasteiger partial charge in [0.25, 0.3) is 0 Å². The Morgan fingerprint density at radius 3 is 2.71 bits per heavy atom. The molecule has 0 saturated heterocycles. The fourth-order valence-corrected chi connectivity index (χ4v) is 3.15. The molecule has 2 aromatic rings. The van der Waals surface area contributed by atoms with E-state index in [1.54, 1.807) is 0 Å². The van der Waals surface area contributed by atoms with Gasteiger partial charge in [-0.05, 0) is 48.6 Å². The number of anilines is 2. The number of benzene rings is 2. The van der Waals surface area contributed by atoms with Crippen LogP contribution in [0.5, 0.6) is 0 Å². The number of fused-ring (bicyclic) bond motifs is 1. The summed E-state index contributed by atoms with van der Waals surface area (Å²) in [6, 6.07) is 12.0. The molecule has 1 aliphatic carbocycles. The lowest BCUT2D eigenvalue weighted by molar-refractivity contribution is -0.118. The molecule has 124 valence electrons. The minimum absolute atomic E-state index is 0.0781. The van der Waals surface area contributed by atoms with Gasteiger partial charge in [-0.15, -0.1) is 0 Å².